The Bertz CT molecular complexity index is 796. The minimum absolute atomic E-state index is 0.182. The van der Waals surface area contributed by atoms with Gasteiger partial charge in [0.1, 0.15) is 17.7 Å². The van der Waals surface area contributed by atoms with E-state index in [2.05, 4.69) is 21.3 Å². The molecule has 1 aromatic heterocycles. The SMILES string of the molecule is N#Cc1ccc(N2CCC(Nc3ccc(C#N)cc3F)CC2)nc1. The van der Waals surface area contributed by atoms with Crippen LogP contribution in [-0.2, 0) is 0 Å². The van der Waals surface area contributed by atoms with Crippen LogP contribution in [0.3, 0.4) is 0 Å². The van der Waals surface area contributed by atoms with E-state index in [4.69, 9.17) is 10.5 Å². The van der Waals surface area contributed by atoms with Crippen molar-refractivity contribution in [1.29, 1.82) is 10.5 Å². The van der Waals surface area contributed by atoms with Gasteiger partial charge in [0.15, 0.2) is 0 Å². The largest absolute Gasteiger partial charge is 0.380 e. The Morgan fingerprint density at radius 1 is 1.08 bits per heavy atom. The number of anilines is 2. The molecule has 0 radical (unpaired) electrons. The normalized spacial score (nSPS) is 14.7. The Morgan fingerprint density at radius 3 is 2.38 bits per heavy atom. The Labute approximate surface area is 140 Å². The van der Waals surface area contributed by atoms with Crippen molar-refractivity contribution in [3.05, 3.63) is 53.5 Å². The van der Waals surface area contributed by atoms with Gasteiger partial charge in [0.25, 0.3) is 0 Å². The van der Waals surface area contributed by atoms with Crippen molar-refractivity contribution in [1.82, 2.24) is 4.98 Å². The zero-order valence-corrected chi connectivity index (χ0v) is 13.0. The summed E-state index contributed by atoms with van der Waals surface area (Å²) >= 11 is 0. The van der Waals surface area contributed by atoms with Gasteiger partial charge in [0.2, 0.25) is 0 Å². The summed E-state index contributed by atoms with van der Waals surface area (Å²) in [6.07, 6.45) is 3.30. The van der Waals surface area contributed by atoms with Crippen molar-refractivity contribution in [2.45, 2.75) is 18.9 Å². The number of benzene rings is 1. The van der Waals surface area contributed by atoms with Crippen LogP contribution < -0.4 is 10.2 Å². The molecule has 0 atom stereocenters. The molecule has 24 heavy (non-hydrogen) atoms. The maximum absolute atomic E-state index is 13.9. The molecule has 5 nitrogen and oxygen atoms in total. The smallest absolute Gasteiger partial charge is 0.147 e. The first kappa shape index (κ1) is 15.8. The lowest BCUT2D eigenvalue weighted by molar-refractivity contribution is 0.519. The number of hydrogen-bond acceptors (Lipinski definition) is 5. The van der Waals surface area contributed by atoms with E-state index in [-0.39, 0.29) is 6.04 Å². The highest BCUT2D eigenvalue weighted by molar-refractivity contribution is 5.50. The van der Waals surface area contributed by atoms with Gasteiger partial charge in [-0.2, -0.15) is 10.5 Å². The van der Waals surface area contributed by atoms with Crippen LogP contribution in [0.2, 0.25) is 0 Å². The second-order valence-corrected chi connectivity index (χ2v) is 5.73. The molecule has 0 spiro atoms. The topological polar surface area (TPSA) is 75.7 Å². The predicted molar refractivity (Wildman–Crippen MR) is 88.9 cm³/mol. The fraction of sp³-hybridized carbons (Fsp3) is 0.278. The molecule has 0 saturated carbocycles. The summed E-state index contributed by atoms with van der Waals surface area (Å²) in [6, 6.07) is 12.3. The van der Waals surface area contributed by atoms with Gasteiger partial charge in [-0.25, -0.2) is 9.37 Å². The maximum atomic E-state index is 13.9. The molecule has 0 bridgehead atoms. The Hall–Kier alpha value is -3.12. The molecule has 1 aromatic carbocycles. The molecule has 1 aliphatic heterocycles. The molecule has 3 rings (SSSR count). The summed E-state index contributed by atoms with van der Waals surface area (Å²) in [5, 5.41) is 20.8. The van der Waals surface area contributed by atoms with E-state index in [0.29, 0.717) is 16.8 Å². The van der Waals surface area contributed by atoms with Gasteiger partial charge in [-0.15, -0.1) is 0 Å². The molecule has 6 heteroatoms. The average molecular weight is 321 g/mol. The van der Waals surface area contributed by atoms with Crippen molar-refractivity contribution in [3.63, 3.8) is 0 Å². The standard InChI is InChI=1S/C18H16FN5/c19-16-9-13(10-20)1-3-17(16)23-15-5-7-24(8-6-15)18-4-2-14(11-21)12-22-18/h1-4,9,12,15,23H,5-8H2. The molecule has 0 unspecified atom stereocenters. The number of nitrogens with zero attached hydrogens (tertiary/aromatic N) is 4. The molecule has 1 saturated heterocycles. The van der Waals surface area contributed by atoms with E-state index >= 15 is 0 Å². The number of pyridine rings is 1. The van der Waals surface area contributed by atoms with Crippen LogP contribution in [0.5, 0.6) is 0 Å². The van der Waals surface area contributed by atoms with Crippen LogP contribution in [0.15, 0.2) is 36.5 Å². The van der Waals surface area contributed by atoms with Gasteiger partial charge in [0, 0.05) is 25.3 Å². The molecule has 0 amide bonds. The van der Waals surface area contributed by atoms with Crippen LogP contribution in [-0.4, -0.2) is 24.1 Å². The van der Waals surface area contributed by atoms with E-state index in [1.54, 1.807) is 24.4 Å². The number of nitriles is 2. The van der Waals surface area contributed by atoms with Gasteiger partial charge in [-0.05, 0) is 43.2 Å². The summed E-state index contributed by atoms with van der Waals surface area (Å²) in [4.78, 5) is 6.47. The number of nitrogens with one attached hydrogen (secondary N) is 1. The molecule has 0 aliphatic carbocycles. The summed E-state index contributed by atoms with van der Waals surface area (Å²) in [7, 11) is 0. The van der Waals surface area contributed by atoms with Crippen molar-refractivity contribution < 1.29 is 4.39 Å². The maximum Gasteiger partial charge on any atom is 0.147 e. The van der Waals surface area contributed by atoms with Crippen LogP contribution in [0.25, 0.3) is 0 Å². The van der Waals surface area contributed by atoms with Gasteiger partial charge < -0.3 is 10.2 Å². The first-order valence-electron chi connectivity index (χ1n) is 7.77. The molecule has 1 aliphatic rings. The molecule has 1 N–H and O–H groups in total. The number of halogens is 1. The quantitative estimate of drug-likeness (QED) is 0.940. The Morgan fingerprint density at radius 2 is 1.79 bits per heavy atom. The Kier molecular flexibility index (Phi) is 4.58. The van der Waals surface area contributed by atoms with Gasteiger partial charge >= 0.3 is 0 Å². The highest BCUT2D eigenvalue weighted by Crippen LogP contribution is 2.22. The minimum Gasteiger partial charge on any atom is -0.380 e. The Balaban J connectivity index is 1.59. The lowest BCUT2D eigenvalue weighted by atomic mass is 10.0. The fourth-order valence-electron chi connectivity index (χ4n) is 2.81. The van der Waals surface area contributed by atoms with Gasteiger partial charge in [-0.1, -0.05) is 0 Å². The lowest BCUT2D eigenvalue weighted by Crippen LogP contribution is -2.39. The van der Waals surface area contributed by atoms with Crippen molar-refractivity contribution in [2.75, 3.05) is 23.3 Å². The van der Waals surface area contributed by atoms with Crippen LogP contribution >= 0.6 is 0 Å². The van der Waals surface area contributed by atoms with E-state index in [1.807, 2.05) is 12.1 Å². The van der Waals surface area contributed by atoms with Crippen LogP contribution in [0.4, 0.5) is 15.9 Å². The second kappa shape index (κ2) is 6.97. The molecule has 2 aromatic rings. The summed E-state index contributed by atoms with van der Waals surface area (Å²) < 4.78 is 13.9. The van der Waals surface area contributed by atoms with Crippen LogP contribution in [0.1, 0.15) is 24.0 Å². The third kappa shape index (κ3) is 3.44. The van der Waals surface area contributed by atoms with Crippen molar-refractivity contribution >= 4 is 11.5 Å². The summed E-state index contributed by atoms with van der Waals surface area (Å²) in [5.41, 5.74) is 1.30. The van der Waals surface area contributed by atoms with E-state index in [9.17, 15) is 4.39 Å². The van der Waals surface area contributed by atoms with Crippen molar-refractivity contribution in [3.8, 4) is 12.1 Å². The zero-order valence-electron chi connectivity index (χ0n) is 13.0. The highest BCUT2D eigenvalue weighted by Gasteiger charge is 2.20. The predicted octanol–water partition coefficient (Wildman–Crippen LogP) is 3.04. The molecule has 120 valence electrons. The first-order valence-corrected chi connectivity index (χ1v) is 7.77. The van der Waals surface area contributed by atoms with Gasteiger partial charge in [-0.3, -0.25) is 0 Å². The summed E-state index contributed by atoms with van der Waals surface area (Å²) in [6.45, 7) is 1.63. The molecule has 2 heterocycles. The monoisotopic (exact) mass is 321 g/mol. The number of rotatable bonds is 3. The zero-order chi connectivity index (χ0) is 16.9. The fourth-order valence-corrected chi connectivity index (χ4v) is 2.81. The highest BCUT2D eigenvalue weighted by atomic mass is 19.1. The third-order valence-corrected chi connectivity index (χ3v) is 4.15. The first-order chi connectivity index (χ1) is 11.7. The van der Waals surface area contributed by atoms with Gasteiger partial charge in [0.05, 0.1) is 22.9 Å². The second-order valence-electron chi connectivity index (χ2n) is 5.73. The average Bonchev–Trinajstić information content (AvgIpc) is 2.64. The molecular formula is C18H16FN5. The lowest BCUT2D eigenvalue weighted by Gasteiger charge is -2.33. The van der Waals surface area contributed by atoms with E-state index < -0.39 is 5.82 Å². The van der Waals surface area contributed by atoms with E-state index in [0.717, 1.165) is 31.7 Å². The van der Waals surface area contributed by atoms with Crippen molar-refractivity contribution in [2.24, 2.45) is 0 Å². The molecule has 1 fully saturated rings. The number of aromatic nitrogens is 1. The third-order valence-electron chi connectivity index (χ3n) is 4.15. The number of piperidine rings is 1. The minimum atomic E-state index is -0.398. The van der Waals surface area contributed by atoms with Crippen LogP contribution in [0, 0.1) is 28.5 Å². The number of hydrogen-bond donors (Lipinski definition) is 1. The van der Waals surface area contributed by atoms with E-state index in [1.165, 1.54) is 6.07 Å². The summed E-state index contributed by atoms with van der Waals surface area (Å²) in [5.74, 6) is 0.460. The molecular weight excluding hydrogens is 305 g/mol.